The lowest BCUT2D eigenvalue weighted by Crippen LogP contribution is -1.85. The van der Waals surface area contributed by atoms with E-state index in [1.807, 2.05) is 0 Å². The van der Waals surface area contributed by atoms with Crippen molar-refractivity contribution in [2.75, 3.05) is 6.61 Å². The van der Waals surface area contributed by atoms with E-state index in [2.05, 4.69) is 16.4 Å². The third kappa shape index (κ3) is 14.4. The normalized spacial score (nSPS) is 10.8. The van der Waals surface area contributed by atoms with Gasteiger partial charge in [0.05, 0.1) is 6.61 Å². The standard InChI is InChI=1S/C13H29OP/c1-2-3-4-5-6-7-8-9-10-11-12-13-14-15/h2-13,15H2,1H3. The Morgan fingerprint density at radius 3 is 1.47 bits per heavy atom. The van der Waals surface area contributed by atoms with Gasteiger partial charge in [0.25, 0.3) is 0 Å². The largest absolute Gasteiger partial charge is 0.366 e. The van der Waals surface area contributed by atoms with Crippen LogP contribution in [-0.4, -0.2) is 6.61 Å². The molecule has 1 nitrogen and oxygen atoms in total. The van der Waals surface area contributed by atoms with Crippen LogP contribution in [0.1, 0.15) is 77.6 Å². The molecule has 92 valence electrons. The molecular weight excluding hydrogens is 203 g/mol. The minimum Gasteiger partial charge on any atom is -0.366 e. The lowest BCUT2D eigenvalue weighted by atomic mass is 10.1. The maximum absolute atomic E-state index is 4.94. The Labute approximate surface area is 98.6 Å². The molecule has 0 aromatic heterocycles. The fourth-order valence-corrected chi connectivity index (χ4v) is 2.02. The summed E-state index contributed by atoms with van der Waals surface area (Å²) < 4.78 is 4.94. The van der Waals surface area contributed by atoms with E-state index in [0.717, 1.165) is 6.61 Å². The van der Waals surface area contributed by atoms with Crippen molar-refractivity contribution in [3.05, 3.63) is 0 Å². The van der Waals surface area contributed by atoms with E-state index in [1.54, 1.807) is 0 Å². The van der Waals surface area contributed by atoms with Crippen molar-refractivity contribution in [1.29, 1.82) is 0 Å². The van der Waals surface area contributed by atoms with Crippen LogP contribution < -0.4 is 0 Å². The van der Waals surface area contributed by atoms with E-state index in [9.17, 15) is 0 Å². The predicted molar refractivity (Wildman–Crippen MR) is 72.1 cm³/mol. The van der Waals surface area contributed by atoms with Crippen molar-refractivity contribution in [1.82, 2.24) is 0 Å². The average Bonchev–Trinajstić information content (AvgIpc) is 2.26. The summed E-state index contributed by atoms with van der Waals surface area (Å²) in [5, 5.41) is 0. The molecule has 2 heteroatoms. The van der Waals surface area contributed by atoms with Crippen LogP contribution >= 0.6 is 9.47 Å². The molecule has 0 radical (unpaired) electrons. The van der Waals surface area contributed by atoms with Crippen molar-refractivity contribution in [3.8, 4) is 0 Å². The fourth-order valence-electron chi connectivity index (χ4n) is 1.85. The van der Waals surface area contributed by atoms with E-state index in [-0.39, 0.29) is 0 Å². The zero-order chi connectivity index (χ0) is 11.2. The topological polar surface area (TPSA) is 9.23 Å². The molecule has 0 saturated carbocycles. The number of rotatable bonds is 12. The smallest absolute Gasteiger partial charge is 0.0501 e. The molecule has 1 atom stereocenters. The molecule has 0 heterocycles. The molecule has 0 spiro atoms. The summed E-state index contributed by atoms with van der Waals surface area (Å²) >= 11 is 0. The minimum atomic E-state index is 0.904. The Kier molecular flexibility index (Phi) is 14.8. The van der Waals surface area contributed by atoms with Gasteiger partial charge in [-0.05, 0) is 6.42 Å². The van der Waals surface area contributed by atoms with Crippen LogP contribution in [0, 0.1) is 0 Å². The molecule has 0 aromatic carbocycles. The average molecular weight is 232 g/mol. The number of hydrogen-bond acceptors (Lipinski definition) is 1. The van der Waals surface area contributed by atoms with E-state index >= 15 is 0 Å². The first-order valence-corrected chi connectivity index (χ1v) is 7.20. The summed E-state index contributed by atoms with van der Waals surface area (Å²) in [7, 11) is 2.31. The van der Waals surface area contributed by atoms with E-state index < -0.39 is 0 Å². The van der Waals surface area contributed by atoms with Crippen molar-refractivity contribution in [3.63, 3.8) is 0 Å². The van der Waals surface area contributed by atoms with Crippen LogP contribution in [0.3, 0.4) is 0 Å². The molecule has 15 heavy (non-hydrogen) atoms. The van der Waals surface area contributed by atoms with Crippen molar-refractivity contribution in [2.24, 2.45) is 0 Å². The van der Waals surface area contributed by atoms with Crippen LogP contribution in [0.4, 0.5) is 0 Å². The molecule has 0 aliphatic rings. The van der Waals surface area contributed by atoms with Gasteiger partial charge in [-0.3, -0.25) is 0 Å². The van der Waals surface area contributed by atoms with Crippen molar-refractivity contribution >= 4 is 9.47 Å². The Morgan fingerprint density at radius 1 is 0.667 bits per heavy atom. The first-order chi connectivity index (χ1) is 7.41. The molecule has 1 unspecified atom stereocenters. The van der Waals surface area contributed by atoms with Crippen molar-refractivity contribution < 1.29 is 4.52 Å². The third-order valence-corrected chi connectivity index (χ3v) is 3.10. The highest BCUT2D eigenvalue weighted by Gasteiger charge is 1.92. The van der Waals surface area contributed by atoms with Gasteiger partial charge >= 0.3 is 0 Å². The maximum Gasteiger partial charge on any atom is 0.0501 e. The van der Waals surface area contributed by atoms with E-state index in [1.165, 1.54) is 70.6 Å². The van der Waals surface area contributed by atoms with Crippen molar-refractivity contribution in [2.45, 2.75) is 77.6 Å². The minimum absolute atomic E-state index is 0.904. The summed E-state index contributed by atoms with van der Waals surface area (Å²) in [6, 6.07) is 0. The molecule has 0 aliphatic carbocycles. The van der Waals surface area contributed by atoms with Gasteiger partial charge < -0.3 is 4.52 Å². The van der Waals surface area contributed by atoms with Crippen LogP contribution in [0.5, 0.6) is 0 Å². The lowest BCUT2D eigenvalue weighted by molar-refractivity contribution is 0.352. The van der Waals surface area contributed by atoms with Gasteiger partial charge in [-0.2, -0.15) is 0 Å². The highest BCUT2D eigenvalue weighted by molar-refractivity contribution is 7.09. The molecule has 0 aromatic rings. The number of unbranched alkanes of at least 4 members (excludes halogenated alkanes) is 10. The second kappa shape index (κ2) is 14.4. The zero-order valence-electron chi connectivity index (χ0n) is 10.5. The van der Waals surface area contributed by atoms with Gasteiger partial charge in [0.2, 0.25) is 0 Å². The summed E-state index contributed by atoms with van der Waals surface area (Å²) in [6.07, 6.45) is 15.4. The van der Waals surface area contributed by atoms with E-state index in [4.69, 9.17) is 4.52 Å². The summed E-state index contributed by atoms with van der Waals surface area (Å²) in [4.78, 5) is 0. The molecule has 0 amide bonds. The van der Waals surface area contributed by atoms with Crippen LogP contribution in [0.25, 0.3) is 0 Å². The molecule has 0 fully saturated rings. The van der Waals surface area contributed by atoms with Crippen LogP contribution in [0.2, 0.25) is 0 Å². The lowest BCUT2D eigenvalue weighted by Gasteiger charge is -2.02. The van der Waals surface area contributed by atoms with Gasteiger partial charge in [-0.1, -0.05) is 71.1 Å². The molecule has 0 N–H and O–H groups in total. The van der Waals surface area contributed by atoms with Gasteiger partial charge in [0.1, 0.15) is 0 Å². The summed E-state index contributed by atoms with van der Waals surface area (Å²) in [5.74, 6) is 0. The Balaban J connectivity index is 2.81. The second-order valence-corrected chi connectivity index (χ2v) is 4.74. The highest BCUT2D eigenvalue weighted by atomic mass is 31.0. The molecule has 0 bridgehead atoms. The molecular formula is C13H29OP. The summed E-state index contributed by atoms with van der Waals surface area (Å²) in [6.45, 7) is 3.18. The first kappa shape index (κ1) is 15.4. The first-order valence-electron chi connectivity index (χ1n) is 6.73. The Bertz CT molecular complexity index is 94.7. The van der Waals surface area contributed by atoms with E-state index in [0.29, 0.717) is 0 Å². The van der Waals surface area contributed by atoms with Gasteiger partial charge in [0, 0.05) is 9.47 Å². The van der Waals surface area contributed by atoms with Crippen LogP contribution in [-0.2, 0) is 4.52 Å². The monoisotopic (exact) mass is 232 g/mol. The van der Waals surface area contributed by atoms with Gasteiger partial charge in [0.15, 0.2) is 0 Å². The second-order valence-electron chi connectivity index (χ2n) is 4.41. The quantitative estimate of drug-likeness (QED) is 0.336. The van der Waals surface area contributed by atoms with Crippen LogP contribution in [0.15, 0.2) is 0 Å². The van der Waals surface area contributed by atoms with Gasteiger partial charge in [-0.25, -0.2) is 0 Å². The predicted octanol–water partition coefficient (Wildman–Crippen LogP) is 5.10. The molecule has 0 saturated heterocycles. The summed E-state index contributed by atoms with van der Waals surface area (Å²) in [5.41, 5.74) is 0. The maximum atomic E-state index is 4.94. The number of hydrogen-bond donors (Lipinski definition) is 0. The van der Waals surface area contributed by atoms with Gasteiger partial charge in [-0.15, -0.1) is 0 Å². The highest BCUT2D eigenvalue weighted by Crippen LogP contribution is 2.11. The molecule has 0 aliphatic heterocycles. The molecule has 0 rings (SSSR count). The SMILES string of the molecule is CCCCCCCCCCCCCOP. The third-order valence-electron chi connectivity index (χ3n) is 2.87. The fraction of sp³-hybridized carbons (Fsp3) is 1.00. The zero-order valence-corrected chi connectivity index (χ0v) is 11.6. The Morgan fingerprint density at radius 2 is 1.07 bits per heavy atom. The Hall–Kier alpha value is 0.390.